The molecule has 4 aromatic carbocycles. The topological polar surface area (TPSA) is 12.0 Å². The molecule has 0 unspecified atom stereocenters. The molecule has 22 heavy (non-hydrogen) atoms. The number of hydrogen-bond donors (Lipinski definition) is 1. The van der Waals surface area contributed by atoms with Gasteiger partial charge in [-0.1, -0.05) is 54.6 Å². The fraction of sp³-hybridized carbons (Fsp3) is 0.238. The van der Waals surface area contributed by atoms with Crippen LogP contribution in [0.15, 0.2) is 54.6 Å². The quantitative estimate of drug-likeness (QED) is 0.482. The van der Waals surface area contributed by atoms with Gasteiger partial charge < -0.3 is 5.32 Å². The maximum absolute atomic E-state index is 3.61. The van der Waals surface area contributed by atoms with E-state index >= 15 is 0 Å². The van der Waals surface area contributed by atoms with Gasteiger partial charge in [-0.2, -0.15) is 0 Å². The summed E-state index contributed by atoms with van der Waals surface area (Å²) in [6.07, 6.45) is 0. The molecule has 0 aliphatic carbocycles. The average Bonchev–Trinajstić information content (AvgIpc) is 2.50. The first-order valence-electron chi connectivity index (χ1n) is 7.93. The van der Waals surface area contributed by atoms with Crippen molar-refractivity contribution in [3.8, 4) is 0 Å². The van der Waals surface area contributed by atoms with E-state index in [2.05, 4.69) is 80.7 Å². The van der Waals surface area contributed by atoms with Crippen LogP contribution < -0.4 is 5.32 Å². The van der Waals surface area contributed by atoms with Crippen molar-refractivity contribution >= 4 is 32.3 Å². The Morgan fingerprint density at radius 2 is 1.32 bits per heavy atom. The Bertz CT molecular complexity index is 944. The second-order valence-electron chi connectivity index (χ2n) is 7.18. The van der Waals surface area contributed by atoms with Crippen LogP contribution in [0.1, 0.15) is 26.3 Å². The third kappa shape index (κ3) is 2.13. The third-order valence-electron chi connectivity index (χ3n) is 4.43. The molecule has 0 radical (unpaired) electrons. The molecule has 0 fully saturated rings. The monoisotopic (exact) mass is 287 g/mol. The summed E-state index contributed by atoms with van der Waals surface area (Å²) in [5, 5.41) is 11.8. The summed E-state index contributed by atoms with van der Waals surface area (Å²) in [5.74, 6) is 0. The Morgan fingerprint density at radius 3 is 2.00 bits per heavy atom. The van der Waals surface area contributed by atoms with E-state index in [0.717, 1.165) is 6.54 Å². The Balaban J connectivity index is 2.00. The molecule has 0 saturated carbocycles. The van der Waals surface area contributed by atoms with E-state index in [-0.39, 0.29) is 5.54 Å². The van der Waals surface area contributed by atoms with Gasteiger partial charge in [0.25, 0.3) is 0 Å². The zero-order chi connectivity index (χ0) is 15.3. The normalized spacial score (nSPS) is 12.7. The molecular formula is C21H21N. The molecule has 110 valence electrons. The maximum atomic E-state index is 3.61. The van der Waals surface area contributed by atoms with Crippen LogP contribution >= 0.6 is 0 Å². The zero-order valence-electron chi connectivity index (χ0n) is 13.4. The Labute approximate surface area is 131 Å². The van der Waals surface area contributed by atoms with Crippen molar-refractivity contribution in [3.63, 3.8) is 0 Å². The molecule has 0 aromatic heterocycles. The van der Waals surface area contributed by atoms with Gasteiger partial charge in [0, 0.05) is 12.1 Å². The van der Waals surface area contributed by atoms with Crippen molar-refractivity contribution in [2.24, 2.45) is 0 Å². The zero-order valence-corrected chi connectivity index (χ0v) is 13.4. The summed E-state index contributed by atoms with van der Waals surface area (Å²) in [4.78, 5) is 0. The number of nitrogens with one attached hydrogen (secondary N) is 1. The standard InChI is InChI=1S/C21H21N/c1-21(2,3)22-13-17-10-9-16-8-7-14-5-4-6-15-11-12-18(17)20(16)19(14)15/h4-12,22H,13H2,1-3H3. The van der Waals surface area contributed by atoms with Crippen molar-refractivity contribution in [2.45, 2.75) is 32.9 Å². The van der Waals surface area contributed by atoms with E-state index in [1.807, 2.05) is 0 Å². The summed E-state index contributed by atoms with van der Waals surface area (Å²) in [5.41, 5.74) is 1.50. The Morgan fingerprint density at radius 1 is 0.727 bits per heavy atom. The molecule has 0 aliphatic heterocycles. The van der Waals surface area contributed by atoms with Gasteiger partial charge in [-0.3, -0.25) is 0 Å². The summed E-state index contributed by atoms with van der Waals surface area (Å²) in [6.45, 7) is 7.53. The molecule has 0 aliphatic rings. The van der Waals surface area contributed by atoms with Crippen LogP contribution in [0.25, 0.3) is 32.3 Å². The van der Waals surface area contributed by atoms with Crippen LogP contribution in [-0.2, 0) is 6.54 Å². The molecule has 4 rings (SSSR count). The maximum Gasteiger partial charge on any atom is 0.0216 e. The summed E-state index contributed by atoms with van der Waals surface area (Å²) < 4.78 is 0. The molecule has 0 atom stereocenters. The van der Waals surface area contributed by atoms with Gasteiger partial charge >= 0.3 is 0 Å². The van der Waals surface area contributed by atoms with Crippen LogP contribution in [-0.4, -0.2) is 5.54 Å². The highest BCUT2D eigenvalue weighted by Gasteiger charge is 2.13. The van der Waals surface area contributed by atoms with Crippen molar-refractivity contribution in [2.75, 3.05) is 0 Å². The molecule has 1 N–H and O–H groups in total. The predicted molar refractivity (Wildman–Crippen MR) is 96.7 cm³/mol. The minimum absolute atomic E-state index is 0.129. The van der Waals surface area contributed by atoms with Gasteiger partial charge in [0.2, 0.25) is 0 Å². The van der Waals surface area contributed by atoms with Crippen LogP contribution in [0.5, 0.6) is 0 Å². The summed E-state index contributed by atoms with van der Waals surface area (Å²) >= 11 is 0. The molecule has 0 heterocycles. The smallest absolute Gasteiger partial charge is 0.0216 e. The highest BCUT2D eigenvalue weighted by molar-refractivity contribution is 6.23. The molecular weight excluding hydrogens is 266 g/mol. The van der Waals surface area contributed by atoms with E-state index < -0.39 is 0 Å². The van der Waals surface area contributed by atoms with Crippen LogP contribution in [0.4, 0.5) is 0 Å². The summed E-state index contributed by atoms with van der Waals surface area (Å²) in [6, 6.07) is 20.1. The van der Waals surface area contributed by atoms with Gasteiger partial charge in [-0.25, -0.2) is 0 Å². The lowest BCUT2D eigenvalue weighted by Crippen LogP contribution is -2.35. The lowest BCUT2D eigenvalue weighted by atomic mass is 9.92. The van der Waals surface area contributed by atoms with Crippen LogP contribution in [0.2, 0.25) is 0 Å². The van der Waals surface area contributed by atoms with Crippen molar-refractivity contribution in [3.05, 3.63) is 60.2 Å². The van der Waals surface area contributed by atoms with E-state index in [9.17, 15) is 0 Å². The van der Waals surface area contributed by atoms with E-state index in [1.165, 1.54) is 37.9 Å². The van der Waals surface area contributed by atoms with Crippen LogP contribution in [0, 0.1) is 0 Å². The van der Waals surface area contributed by atoms with Gasteiger partial charge in [0.15, 0.2) is 0 Å². The predicted octanol–water partition coefficient (Wildman–Crippen LogP) is 5.47. The number of rotatable bonds is 2. The molecule has 0 bridgehead atoms. The highest BCUT2D eigenvalue weighted by atomic mass is 14.9. The largest absolute Gasteiger partial charge is 0.308 e. The molecule has 0 saturated heterocycles. The first-order valence-corrected chi connectivity index (χ1v) is 7.93. The number of benzene rings is 4. The molecule has 1 heteroatoms. The first-order chi connectivity index (χ1) is 10.5. The minimum atomic E-state index is 0.129. The molecule has 0 amide bonds. The molecule has 0 spiro atoms. The SMILES string of the molecule is CC(C)(C)NCc1ccc2ccc3cccc4ccc1c2c34. The third-order valence-corrected chi connectivity index (χ3v) is 4.43. The van der Waals surface area contributed by atoms with Gasteiger partial charge in [0.1, 0.15) is 0 Å². The fourth-order valence-electron chi connectivity index (χ4n) is 3.31. The van der Waals surface area contributed by atoms with E-state index in [1.54, 1.807) is 0 Å². The molecule has 1 nitrogen and oxygen atoms in total. The number of hydrogen-bond acceptors (Lipinski definition) is 1. The Kier molecular flexibility index (Phi) is 2.88. The first kappa shape index (κ1) is 13.5. The second-order valence-corrected chi connectivity index (χ2v) is 7.18. The average molecular weight is 287 g/mol. The molecule has 4 aromatic rings. The van der Waals surface area contributed by atoms with Crippen molar-refractivity contribution in [1.29, 1.82) is 0 Å². The van der Waals surface area contributed by atoms with Crippen molar-refractivity contribution in [1.82, 2.24) is 5.32 Å². The van der Waals surface area contributed by atoms with Gasteiger partial charge in [-0.15, -0.1) is 0 Å². The van der Waals surface area contributed by atoms with Crippen molar-refractivity contribution < 1.29 is 0 Å². The minimum Gasteiger partial charge on any atom is -0.308 e. The second kappa shape index (κ2) is 4.69. The Hall–Kier alpha value is -2.12. The van der Waals surface area contributed by atoms with Gasteiger partial charge in [-0.05, 0) is 58.7 Å². The van der Waals surface area contributed by atoms with E-state index in [4.69, 9.17) is 0 Å². The van der Waals surface area contributed by atoms with E-state index in [0.29, 0.717) is 0 Å². The highest BCUT2D eigenvalue weighted by Crippen LogP contribution is 2.35. The van der Waals surface area contributed by atoms with Crippen LogP contribution in [0.3, 0.4) is 0 Å². The lowest BCUT2D eigenvalue weighted by molar-refractivity contribution is 0.425. The fourth-order valence-corrected chi connectivity index (χ4v) is 3.31. The lowest BCUT2D eigenvalue weighted by Gasteiger charge is -2.22. The summed E-state index contributed by atoms with van der Waals surface area (Å²) in [7, 11) is 0. The van der Waals surface area contributed by atoms with Gasteiger partial charge in [0.05, 0.1) is 0 Å².